The van der Waals surface area contributed by atoms with E-state index in [2.05, 4.69) is 15.4 Å². The Kier molecular flexibility index (Phi) is 8.55. The van der Waals surface area contributed by atoms with Gasteiger partial charge in [0.25, 0.3) is 0 Å². The molecule has 1 fully saturated rings. The topological polar surface area (TPSA) is 150 Å². The van der Waals surface area contributed by atoms with E-state index in [1.54, 1.807) is 30.3 Å². The summed E-state index contributed by atoms with van der Waals surface area (Å²) in [5, 5.41) is 14.6. The molecular weight excluding hydrogens is 544 g/mol. The minimum Gasteiger partial charge on any atom is -0.384 e. The summed E-state index contributed by atoms with van der Waals surface area (Å²) in [5.74, 6) is 0.149. The van der Waals surface area contributed by atoms with Gasteiger partial charge in [-0.3, -0.25) is 10.2 Å². The highest BCUT2D eigenvalue weighted by atomic mass is 32.2. The monoisotopic (exact) mass is 576 g/mol. The van der Waals surface area contributed by atoms with Crippen LogP contribution in [0.4, 0.5) is 5.69 Å². The molecule has 0 bridgehead atoms. The third-order valence-electron chi connectivity index (χ3n) is 6.94. The van der Waals surface area contributed by atoms with Crippen LogP contribution in [-0.4, -0.2) is 38.2 Å². The van der Waals surface area contributed by atoms with Gasteiger partial charge in [-0.1, -0.05) is 36.4 Å². The molecule has 0 spiro atoms. The average Bonchev–Trinajstić information content (AvgIpc) is 3.38. The van der Waals surface area contributed by atoms with Crippen LogP contribution < -0.4 is 21.1 Å². The first-order valence-corrected chi connectivity index (χ1v) is 15.5. The van der Waals surface area contributed by atoms with Crippen molar-refractivity contribution in [2.45, 2.75) is 36.6 Å². The van der Waals surface area contributed by atoms with Crippen LogP contribution in [0.15, 0.2) is 77.7 Å². The van der Waals surface area contributed by atoms with E-state index in [1.165, 1.54) is 23.5 Å². The summed E-state index contributed by atoms with van der Waals surface area (Å²) >= 11 is 1.43. The van der Waals surface area contributed by atoms with Gasteiger partial charge in [0.05, 0.1) is 21.2 Å². The van der Waals surface area contributed by atoms with Crippen molar-refractivity contribution in [1.29, 1.82) is 5.41 Å². The predicted molar refractivity (Wildman–Crippen MR) is 159 cm³/mol. The van der Waals surface area contributed by atoms with E-state index >= 15 is 0 Å². The molecule has 5 rings (SSSR count). The summed E-state index contributed by atoms with van der Waals surface area (Å²) in [4.78, 5) is 17.4. The molecule has 6 N–H and O–H groups in total. The Bertz CT molecular complexity index is 1600. The van der Waals surface area contributed by atoms with Crippen LogP contribution in [0.2, 0.25) is 0 Å². The number of amides is 1. The second-order valence-corrected chi connectivity index (χ2v) is 12.8. The molecule has 1 unspecified atom stereocenters. The second kappa shape index (κ2) is 12.3. The second-order valence-electron chi connectivity index (χ2n) is 9.99. The lowest BCUT2D eigenvalue weighted by molar-refractivity contribution is -0.117. The zero-order valence-electron chi connectivity index (χ0n) is 21.9. The third-order valence-corrected chi connectivity index (χ3v) is 9.56. The number of carbonyl (C=O) groups is 1. The fraction of sp³-hybridized carbons (Fsp3) is 0.276. The number of nitrogen functional groups attached to an aromatic ring is 1. The van der Waals surface area contributed by atoms with Gasteiger partial charge < -0.3 is 16.4 Å². The number of nitrogens with two attached hydrogens (primary N) is 1. The number of nitrogens with one attached hydrogen (secondary N) is 4. The number of nitrogens with zero attached hydrogens (tertiary/aromatic N) is 1. The molecule has 11 heteroatoms. The maximum absolute atomic E-state index is 13.6. The maximum Gasteiger partial charge on any atom is 0.241 e. The van der Waals surface area contributed by atoms with Crippen LogP contribution in [-0.2, 0) is 21.2 Å². The van der Waals surface area contributed by atoms with Gasteiger partial charge in [0.2, 0.25) is 15.9 Å². The molecule has 1 aromatic heterocycles. The number of fused-ring (bicyclic) bond motifs is 1. The number of anilines is 1. The molecule has 208 valence electrons. The normalized spacial score (nSPS) is 15.1. The summed E-state index contributed by atoms with van der Waals surface area (Å²) in [7, 11) is -3.99. The molecule has 0 radical (unpaired) electrons. The number of aromatic nitrogens is 1. The summed E-state index contributed by atoms with van der Waals surface area (Å²) in [5.41, 5.74) is 8.30. The maximum atomic E-state index is 13.6. The molecule has 9 nitrogen and oxygen atoms in total. The zero-order valence-corrected chi connectivity index (χ0v) is 23.5. The number of hydrogen-bond donors (Lipinski definition) is 5. The molecule has 4 aromatic rings. The molecule has 0 aliphatic carbocycles. The first-order chi connectivity index (χ1) is 19.3. The Hall–Kier alpha value is -3.64. The standard InChI is InChI=1S/C29H32N6O3S2/c30-28(31)21-6-3-5-20(15-21)16-25(29-34-24-9-1-2-10-26(24)39-29)35-40(37,38)23-8-4-7-22(18-23)33-27(36)17-19-11-13-32-14-12-19/h1-10,15,18-19,25,32,35H,11-14,16-17H2,(H3,30,31)(H,33,36). The SMILES string of the molecule is N=C(N)c1cccc(CC(NS(=O)(=O)c2cccc(NC(=O)CC3CCNCC3)c2)c2nc3ccccc3s2)c1. The van der Waals surface area contributed by atoms with E-state index in [-0.39, 0.29) is 16.6 Å². The molecular formula is C29H32N6O3S2. The Morgan fingerprint density at radius 3 is 2.62 bits per heavy atom. The number of amidine groups is 1. The number of piperidine rings is 1. The number of hydrogen-bond acceptors (Lipinski definition) is 7. The van der Waals surface area contributed by atoms with Gasteiger partial charge >= 0.3 is 0 Å². The highest BCUT2D eigenvalue weighted by molar-refractivity contribution is 7.89. The highest BCUT2D eigenvalue weighted by Gasteiger charge is 2.25. The van der Waals surface area contributed by atoms with Gasteiger partial charge in [0, 0.05) is 17.7 Å². The van der Waals surface area contributed by atoms with Crippen molar-refractivity contribution in [1.82, 2.24) is 15.0 Å². The number of benzene rings is 3. The fourth-order valence-electron chi connectivity index (χ4n) is 4.88. The number of rotatable bonds is 10. The smallest absolute Gasteiger partial charge is 0.241 e. The van der Waals surface area contributed by atoms with E-state index in [4.69, 9.17) is 16.1 Å². The Balaban J connectivity index is 1.38. The summed E-state index contributed by atoms with van der Waals surface area (Å²) in [6.45, 7) is 1.82. The Morgan fingerprint density at radius 2 is 1.85 bits per heavy atom. The van der Waals surface area contributed by atoms with E-state index in [1.807, 2.05) is 30.3 Å². The van der Waals surface area contributed by atoms with Crippen LogP contribution in [0.5, 0.6) is 0 Å². The van der Waals surface area contributed by atoms with Gasteiger partial charge in [0.15, 0.2) is 0 Å². The third kappa shape index (κ3) is 6.92. The number of para-hydroxylation sites is 1. The zero-order chi connectivity index (χ0) is 28.1. The van der Waals surface area contributed by atoms with Crippen LogP contribution >= 0.6 is 11.3 Å². The minimum absolute atomic E-state index is 0.0516. The largest absolute Gasteiger partial charge is 0.384 e. The van der Waals surface area contributed by atoms with Crippen molar-refractivity contribution in [3.8, 4) is 0 Å². The van der Waals surface area contributed by atoms with Crippen molar-refractivity contribution in [3.05, 3.63) is 88.9 Å². The van der Waals surface area contributed by atoms with Crippen molar-refractivity contribution in [2.75, 3.05) is 18.4 Å². The van der Waals surface area contributed by atoms with Crippen LogP contribution in [0.25, 0.3) is 10.2 Å². The van der Waals surface area contributed by atoms with Gasteiger partial charge in [-0.2, -0.15) is 0 Å². The molecule has 1 atom stereocenters. The quantitative estimate of drug-likeness (QED) is 0.141. The van der Waals surface area contributed by atoms with E-state index in [0.29, 0.717) is 35.0 Å². The van der Waals surface area contributed by atoms with Crippen molar-refractivity contribution < 1.29 is 13.2 Å². The van der Waals surface area contributed by atoms with Gasteiger partial charge in [0.1, 0.15) is 10.8 Å². The van der Waals surface area contributed by atoms with E-state index in [9.17, 15) is 13.2 Å². The van der Waals surface area contributed by atoms with Gasteiger partial charge in [-0.05, 0) is 80.2 Å². The van der Waals surface area contributed by atoms with Crippen molar-refractivity contribution in [3.63, 3.8) is 0 Å². The lowest BCUT2D eigenvalue weighted by atomic mass is 9.94. The predicted octanol–water partition coefficient (Wildman–Crippen LogP) is 4.17. The van der Waals surface area contributed by atoms with Gasteiger partial charge in [-0.25, -0.2) is 18.1 Å². The molecule has 2 heterocycles. The molecule has 1 saturated heterocycles. The van der Waals surface area contributed by atoms with E-state index in [0.717, 1.165) is 41.7 Å². The summed E-state index contributed by atoms with van der Waals surface area (Å²) in [6, 6.07) is 20.5. The lowest BCUT2D eigenvalue weighted by Crippen LogP contribution is -2.30. The first-order valence-electron chi connectivity index (χ1n) is 13.2. The van der Waals surface area contributed by atoms with Crippen molar-refractivity contribution >= 4 is 49.0 Å². The van der Waals surface area contributed by atoms with Crippen LogP contribution in [0.3, 0.4) is 0 Å². The Morgan fingerprint density at radius 1 is 1.07 bits per heavy atom. The minimum atomic E-state index is -3.99. The first kappa shape index (κ1) is 27.9. The van der Waals surface area contributed by atoms with E-state index < -0.39 is 16.1 Å². The number of sulfonamides is 1. The molecule has 40 heavy (non-hydrogen) atoms. The molecule has 1 aliphatic heterocycles. The molecule has 3 aromatic carbocycles. The fourth-order valence-corrected chi connectivity index (χ4v) is 7.22. The summed E-state index contributed by atoms with van der Waals surface area (Å²) in [6.07, 6.45) is 2.63. The summed E-state index contributed by atoms with van der Waals surface area (Å²) < 4.78 is 31.1. The lowest BCUT2D eigenvalue weighted by Gasteiger charge is -2.22. The molecule has 0 saturated carbocycles. The number of thiazole rings is 1. The average molecular weight is 577 g/mol. The molecule has 1 amide bonds. The Labute approximate surface area is 237 Å². The van der Waals surface area contributed by atoms with Crippen molar-refractivity contribution in [2.24, 2.45) is 11.7 Å². The van der Waals surface area contributed by atoms with Crippen LogP contribution in [0, 0.1) is 11.3 Å². The van der Waals surface area contributed by atoms with Gasteiger partial charge in [-0.15, -0.1) is 11.3 Å². The highest BCUT2D eigenvalue weighted by Crippen LogP contribution is 2.30. The van der Waals surface area contributed by atoms with Crippen LogP contribution in [0.1, 0.15) is 41.4 Å². The number of carbonyl (C=O) groups excluding carboxylic acids is 1. The molecule has 1 aliphatic rings.